The molecule has 0 aliphatic rings. The van der Waals surface area contributed by atoms with Gasteiger partial charge in [0.1, 0.15) is 0 Å². The zero-order chi connectivity index (χ0) is 8.85. The summed E-state index contributed by atoms with van der Waals surface area (Å²) >= 11 is 0. The quantitative estimate of drug-likeness (QED) is 0.462. The molecule has 0 aromatic rings. The highest BCUT2D eigenvalue weighted by molar-refractivity contribution is 5.73. The molecular weight excluding hydrogens is 140 g/mol. The van der Waals surface area contributed by atoms with Crippen molar-refractivity contribution in [3.63, 3.8) is 0 Å². The predicted octanol–water partition coefficient (Wildman–Crippen LogP) is 2.15. The Labute approximate surface area is 68.2 Å². The van der Waals surface area contributed by atoms with Crippen molar-refractivity contribution in [2.45, 2.75) is 27.2 Å². The molecule has 0 aliphatic heterocycles. The van der Waals surface area contributed by atoms with Crippen molar-refractivity contribution in [1.82, 2.24) is 0 Å². The number of carbonyl (C=O) groups excluding carboxylic acids is 1. The van der Waals surface area contributed by atoms with Crippen LogP contribution in [0.5, 0.6) is 0 Å². The molecular formula is C9H16O2. The Morgan fingerprint density at radius 2 is 2.18 bits per heavy atom. The van der Waals surface area contributed by atoms with Gasteiger partial charge in [-0.3, -0.25) is 4.79 Å². The maximum atomic E-state index is 10.9. The van der Waals surface area contributed by atoms with E-state index in [2.05, 4.69) is 11.7 Å². The van der Waals surface area contributed by atoms with Gasteiger partial charge in [-0.2, -0.15) is 0 Å². The van der Waals surface area contributed by atoms with Gasteiger partial charge in [-0.25, -0.2) is 0 Å². The summed E-state index contributed by atoms with van der Waals surface area (Å²) < 4.78 is 4.57. The molecule has 0 N–H and O–H groups in total. The lowest BCUT2D eigenvalue weighted by Gasteiger charge is -2.04. The fraction of sp³-hybridized carbons (Fsp3) is 0.667. The van der Waals surface area contributed by atoms with Crippen molar-refractivity contribution in [2.24, 2.45) is 5.92 Å². The molecule has 64 valence electrons. The van der Waals surface area contributed by atoms with E-state index in [-0.39, 0.29) is 11.9 Å². The number of methoxy groups -OCH3 is 1. The van der Waals surface area contributed by atoms with E-state index >= 15 is 0 Å². The van der Waals surface area contributed by atoms with Crippen LogP contribution in [-0.4, -0.2) is 13.1 Å². The largest absolute Gasteiger partial charge is 0.469 e. The molecule has 0 aliphatic carbocycles. The second-order valence-electron chi connectivity index (χ2n) is 2.68. The van der Waals surface area contributed by atoms with Crippen LogP contribution in [0.3, 0.4) is 0 Å². The molecule has 1 atom stereocenters. The van der Waals surface area contributed by atoms with Crippen LogP contribution in [0, 0.1) is 5.92 Å². The third-order valence-corrected chi connectivity index (χ3v) is 1.67. The molecule has 0 fully saturated rings. The monoisotopic (exact) mass is 156 g/mol. The molecule has 0 spiro atoms. The highest BCUT2D eigenvalue weighted by Gasteiger charge is 2.08. The summed E-state index contributed by atoms with van der Waals surface area (Å²) in [5, 5.41) is 0. The van der Waals surface area contributed by atoms with Crippen molar-refractivity contribution in [3.05, 3.63) is 11.6 Å². The number of hydrogen-bond donors (Lipinski definition) is 0. The molecule has 0 saturated heterocycles. The van der Waals surface area contributed by atoms with Gasteiger partial charge < -0.3 is 4.74 Å². The molecule has 0 heterocycles. The minimum absolute atomic E-state index is 0.111. The summed E-state index contributed by atoms with van der Waals surface area (Å²) in [5.74, 6) is -0.280. The topological polar surface area (TPSA) is 26.3 Å². The first kappa shape index (κ1) is 10.2. The van der Waals surface area contributed by atoms with Gasteiger partial charge in [0.15, 0.2) is 0 Å². The Kier molecular flexibility index (Phi) is 4.59. The molecule has 2 nitrogen and oxygen atoms in total. The van der Waals surface area contributed by atoms with Gasteiger partial charge in [0.05, 0.1) is 13.0 Å². The van der Waals surface area contributed by atoms with Gasteiger partial charge in [0, 0.05) is 0 Å². The van der Waals surface area contributed by atoms with E-state index in [1.54, 1.807) is 0 Å². The maximum absolute atomic E-state index is 10.9. The SMILES string of the molecule is CC/C(C)=C/[C@@H](C)C(=O)OC. The van der Waals surface area contributed by atoms with Crippen LogP contribution in [0.15, 0.2) is 11.6 Å². The molecule has 0 radical (unpaired) electrons. The Morgan fingerprint density at radius 3 is 2.55 bits per heavy atom. The minimum Gasteiger partial charge on any atom is -0.469 e. The highest BCUT2D eigenvalue weighted by Crippen LogP contribution is 2.06. The van der Waals surface area contributed by atoms with E-state index < -0.39 is 0 Å². The Bertz CT molecular complexity index is 159. The van der Waals surface area contributed by atoms with Crippen LogP contribution in [0.25, 0.3) is 0 Å². The summed E-state index contributed by atoms with van der Waals surface area (Å²) in [6.45, 7) is 5.92. The van der Waals surface area contributed by atoms with E-state index in [9.17, 15) is 4.79 Å². The Hall–Kier alpha value is -0.790. The van der Waals surface area contributed by atoms with Crippen molar-refractivity contribution in [2.75, 3.05) is 7.11 Å². The number of esters is 1. The number of allylic oxidation sites excluding steroid dienone is 1. The lowest BCUT2D eigenvalue weighted by molar-refractivity contribution is -0.143. The van der Waals surface area contributed by atoms with E-state index in [0.717, 1.165) is 6.42 Å². The van der Waals surface area contributed by atoms with Gasteiger partial charge in [-0.1, -0.05) is 18.6 Å². The van der Waals surface area contributed by atoms with Crippen LogP contribution in [0.1, 0.15) is 27.2 Å². The van der Waals surface area contributed by atoms with Gasteiger partial charge in [-0.05, 0) is 20.3 Å². The van der Waals surface area contributed by atoms with E-state index in [1.807, 2.05) is 19.9 Å². The summed E-state index contributed by atoms with van der Waals surface area (Å²) in [7, 11) is 1.41. The van der Waals surface area contributed by atoms with Gasteiger partial charge >= 0.3 is 5.97 Å². The lowest BCUT2D eigenvalue weighted by Crippen LogP contribution is -2.10. The molecule has 11 heavy (non-hydrogen) atoms. The zero-order valence-electron chi connectivity index (χ0n) is 7.68. The molecule has 2 heteroatoms. The second-order valence-corrected chi connectivity index (χ2v) is 2.68. The third-order valence-electron chi connectivity index (χ3n) is 1.67. The van der Waals surface area contributed by atoms with Crippen LogP contribution < -0.4 is 0 Å². The van der Waals surface area contributed by atoms with E-state index in [0.29, 0.717) is 0 Å². The van der Waals surface area contributed by atoms with Crippen LogP contribution in [0.4, 0.5) is 0 Å². The maximum Gasteiger partial charge on any atom is 0.312 e. The zero-order valence-corrected chi connectivity index (χ0v) is 7.68. The average molecular weight is 156 g/mol. The summed E-state index contributed by atoms with van der Waals surface area (Å²) in [4.78, 5) is 10.9. The first-order chi connectivity index (χ1) is 5.11. The lowest BCUT2D eigenvalue weighted by atomic mass is 10.1. The van der Waals surface area contributed by atoms with Gasteiger partial charge in [0.25, 0.3) is 0 Å². The Balaban J connectivity index is 4.04. The fourth-order valence-electron chi connectivity index (χ4n) is 0.799. The van der Waals surface area contributed by atoms with Crippen molar-refractivity contribution in [3.8, 4) is 0 Å². The molecule has 0 aromatic carbocycles. The van der Waals surface area contributed by atoms with E-state index in [4.69, 9.17) is 0 Å². The molecule has 0 bridgehead atoms. The summed E-state index contributed by atoms with van der Waals surface area (Å²) in [6.07, 6.45) is 2.92. The first-order valence-electron chi connectivity index (χ1n) is 3.87. The molecule has 0 unspecified atom stereocenters. The number of carbonyl (C=O) groups is 1. The van der Waals surface area contributed by atoms with Crippen molar-refractivity contribution in [1.29, 1.82) is 0 Å². The highest BCUT2D eigenvalue weighted by atomic mass is 16.5. The van der Waals surface area contributed by atoms with Crippen LogP contribution in [0.2, 0.25) is 0 Å². The van der Waals surface area contributed by atoms with E-state index in [1.165, 1.54) is 12.7 Å². The first-order valence-corrected chi connectivity index (χ1v) is 3.87. The average Bonchev–Trinajstić information content (AvgIpc) is 2.02. The molecule has 0 rings (SSSR count). The number of ether oxygens (including phenoxy) is 1. The van der Waals surface area contributed by atoms with Crippen molar-refractivity contribution >= 4 is 5.97 Å². The fourth-order valence-corrected chi connectivity index (χ4v) is 0.799. The minimum atomic E-state index is -0.169. The number of hydrogen-bond acceptors (Lipinski definition) is 2. The molecule has 0 aromatic heterocycles. The van der Waals surface area contributed by atoms with Crippen molar-refractivity contribution < 1.29 is 9.53 Å². The summed E-state index contributed by atoms with van der Waals surface area (Å²) in [6, 6.07) is 0. The molecule has 0 saturated carbocycles. The molecule has 0 amide bonds. The normalized spacial score (nSPS) is 14.4. The number of rotatable bonds is 3. The third kappa shape index (κ3) is 3.81. The standard InChI is InChI=1S/C9H16O2/c1-5-7(2)6-8(3)9(10)11-4/h6,8H,5H2,1-4H3/b7-6+/t8-/m1/s1. The second kappa shape index (κ2) is 4.94. The van der Waals surface area contributed by atoms with Gasteiger partial charge in [0.2, 0.25) is 0 Å². The predicted molar refractivity (Wildman–Crippen MR) is 45.2 cm³/mol. The van der Waals surface area contributed by atoms with Crippen LogP contribution >= 0.6 is 0 Å². The van der Waals surface area contributed by atoms with Crippen LogP contribution in [-0.2, 0) is 9.53 Å². The Morgan fingerprint density at radius 1 is 1.64 bits per heavy atom. The summed E-state index contributed by atoms with van der Waals surface area (Å²) in [5.41, 5.74) is 1.22. The smallest absolute Gasteiger partial charge is 0.312 e. The van der Waals surface area contributed by atoms with Gasteiger partial charge in [-0.15, -0.1) is 0 Å².